The molecular formula is C18H24N2O3. The molecule has 1 aromatic heterocycles. The van der Waals surface area contributed by atoms with Crippen molar-refractivity contribution in [3.8, 4) is 0 Å². The van der Waals surface area contributed by atoms with Gasteiger partial charge in [-0.15, -0.1) is 0 Å². The molecule has 1 aromatic rings. The second-order valence-electron chi connectivity index (χ2n) is 7.29. The van der Waals surface area contributed by atoms with Crippen molar-refractivity contribution in [2.24, 2.45) is 5.92 Å². The van der Waals surface area contributed by atoms with Gasteiger partial charge >= 0.3 is 0 Å². The molecule has 124 valence electrons. The number of aromatic nitrogens is 1. The third kappa shape index (κ3) is 3.26. The lowest BCUT2D eigenvalue weighted by molar-refractivity contribution is 0.00153. The molecule has 0 aromatic carbocycles. The molecule has 1 spiro atoms. The maximum Gasteiger partial charge on any atom is 0.272 e. The molecule has 2 saturated heterocycles. The van der Waals surface area contributed by atoms with E-state index in [1.807, 2.05) is 17.9 Å². The van der Waals surface area contributed by atoms with Gasteiger partial charge in [-0.1, -0.05) is 6.07 Å². The van der Waals surface area contributed by atoms with Gasteiger partial charge in [-0.25, -0.2) is 0 Å². The highest BCUT2D eigenvalue weighted by atomic mass is 16.6. The highest BCUT2D eigenvalue weighted by molar-refractivity contribution is 5.92. The first kappa shape index (κ1) is 15.1. The van der Waals surface area contributed by atoms with E-state index in [1.165, 1.54) is 12.8 Å². The molecular weight excluding hydrogens is 292 g/mol. The van der Waals surface area contributed by atoms with Crippen molar-refractivity contribution in [1.82, 2.24) is 9.88 Å². The van der Waals surface area contributed by atoms with Gasteiger partial charge in [-0.3, -0.25) is 9.78 Å². The van der Waals surface area contributed by atoms with Crippen LogP contribution in [0.25, 0.3) is 0 Å². The number of amides is 1. The Morgan fingerprint density at radius 2 is 2.35 bits per heavy atom. The van der Waals surface area contributed by atoms with E-state index in [0.717, 1.165) is 37.5 Å². The average Bonchev–Trinajstić information content (AvgIpc) is 3.18. The van der Waals surface area contributed by atoms with Crippen LogP contribution in [0.15, 0.2) is 18.3 Å². The van der Waals surface area contributed by atoms with Crippen LogP contribution in [0.5, 0.6) is 0 Å². The zero-order valence-electron chi connectivity index (χ0n) is 13.7. The smallest absolute Gasteiger partial charge is 0.272 e. The molecule has 3 aliphatic rings. The monoisotopic (exact) mass is 316 g/mol. The van der Waals surface area contributed by atoms with Crippen molar-refractivity contribution in [1.29, 1.82) is 0 Å². The minimum absolute atomic E-state index is 0.00724. The fraction of sp³-hybridized carbons (Fsp3) is 0.667. The molecule has 0 bridgehead atoms. The van der Waals surface area contributed by atoms with Gasteiger partial charge in [0.2, 0.25) is 0 Å². The van der Waals surface area contributed by atoms with E-state index in [1.54, 1.807) is 12.3 Å². The lowest BCUT2D eigenvalue weighted by Gasteiger charge is -2.23. The van der Waals surface area contributed by atoms with Crippen LogP contribution in [0.3, 0.4) is 0 Å². The molecule has 0 radical (unpaired) electrons. The average molecular weight is 316 g/mol. The van der Waals surface area contributed by atoms with Crippen molar-refractivity contribution in [3.05, 3.63) is 29.6 Å². The third-order valence-corrected chi connectivity index (χ3v) is 5.17. The van der Waals surface area contributed by atoms with Crippen LogP contribution < -0.4 is 0 Å². The first-order valence-electron chi connectivity index (χ1n) is 8.61. The van der Waals surface area contributed by atoms with Crippen molar-refractivity contribution >= 4 is 5.91 Å². The van der Waals surface area contributed by atoms with Crippen LogP contribution >= 0.6 is 0 Å². The molecule has 0 N–H and O–H groups in total. The predicted octanol–water partition coefficient (Wildman–Crippen LogP) is 2.19. The maximum absolute atomic E-state index is 12.6. The van der Waals surface area contributed by atoms with Crippen molar-refractivity contribution in [2.45, 2.75) is 44.3 Å². The van der Waals surface area contributed by atoms with Gasteiger partial charge in [-0.05, 0) is 43.7 Å². The van der Waals surface area contributed by atoms with Gasteiger partial charge in [0, 0.05) is 25.8 Å². The largest absolute Gasteiger partial charge is 0.375 e. The summed E-state index contributed by atoms with van der Waals surface area (Å²) in [6.45, 7) is 4.91. The van der Waals surface area contributed by atoms with Crippen LogP contribution in [0, 0.1) is 12.8 Å². The standard InChI is InChI=1S/C18H24N2O3/c1-13-2-5-16(19-9-13)17(21)20-7-6-18(12-20)8-15(11-23-18)22-10-14-3-4-14/h2,5,9,14-15H,3-4,6-8,10-12H2,1H3/t15-,18+/m1/s1. The number of carbonyl (C=O) groups is 1. The Balaban J connectivity index is 1.35. The Bertz CT molecular complexity index is 584. The normalized spacial score (nSPS) is 30.3. The SMILES string of the molecule is Cc1ccc(C(=O)N2CC[C@]3(C[C@@H](OCC4CC4)CO3)C2)nc1. The van der Waals surface area contributed by atoms with Gasteiger partial charge in [0.15, 0.2) is 0 Å². The molecule has 3 heterocycles. The van der Waals surface area contributed by atoms with Gasteiger partial charge in [0.25, 0.3) is 5.91 Å². The van der Waals surface area contributed by atoms with Crippen molar-refractivity contribution in [2.75, 3.05) is 26.3 Å². The maximum atomic E-state index is 12.6. The Hall–Kier alpha value is -1.46. The fourth-order valence-corrected chi connectivity index (χ4v) is 3.52. The summed E-state index contributed by atoms with van der Waals surface area (Å²) in [5.74, 6) is 0.786. The summed E-state index contributed by atoms with van der Waals surface area (Å²) < 4.78 is 12.0. The molecule has 2 atom stereocenters. The second kappa shape index (κ2) is 5.87. The second-order valence-corrected chi connectivity index (χ2v) is 7.29. The van der Waals surface area contributed by atoms with Gasteiger partial charge in [-0.2, -0.15) is 0 Å². The summed E-state index contributed by atoms with van der Waals surface area (Å²) in [4.78, 5) is 18.7. The van der Waals surface area contributed by atoms with Gasteiger partial charge < -0.3 is 14.4 Å². The lowest BCUT2D eigenvalue weighted by atomic mass is 9.98. The Labute approximate surface area is 137 Å². The van der Waals surface area contributed by atoms with Crippen LogP contribution in [0.4, 0.5) is 0 Å². The Kier molecular flexibility index (Phi) is 3.85. The lowest BCUT2D eigenvalue weighted by Crippen LogP contribution is -2.36. The topological polar surface area (TPSA) is 51.7 Å². The number of nitrogens with zero attached hydrogens (tertiary/aromatic N) is 2. The van der Waals surface area contributed by atoms with E-state index < -0.39 is 0 Å². The molecule has 5 heteroatoms. The van der Waals surface area contributed by atoms with E-state index in [2.05, 4.69) is 4.98 Å². The van der Waals surface area contributed by atoms with E-state index in [9.17, 15) is 4.79 Å². The molecule has 1 amide bonds. The molecule has 3 fully saturated rings. The summed E-state index contributed by atoms with van der Waals surface area (Å²) in [7, 11) is 0. The Morgan fingerprint density at radius 3 is 3.09 bits per heavy atom. The third-order valence-electron chi connectivity index (χ3n) is 5.17. The molecule has 5 nitrogen and oxygen atoms in total. The van der Waals surface area contributed by atoms with Gasteiger partial charge in [0.05, 0.1) is 24.9 Å². The molecule has 4 rings (SSSR count). The van der Waals surface area contributed by atoms with E-state index >= 15 is 0 Å². The van der Waals surface area contributed by atoms with Crippen LogP contribution in [-0.2, 0) is 9.47 Å². The first-order valence-corrected chi connectivity index (χ1v) is 8.61. The number of rotatable bonds is 4. The molecule has 23 heavy (non-hydrogen) atoms. The Morgan fingerprint density at radius 1 is 1.48 bits per heavy atom. The summed E-state index contributed by atoms with van der Waals surface area (Å²) in [5, 5.41) is 0. The number of ether oxygens (including phenoxy) is 2. The number of aryl methyl sites for hydroxylation is 1. The highest BCUT2D eigenvalue weighted by Crippen LogP contribution is 2.38. The quantitative estimate of drug-likeness (QED) is 0.854. The minimum Gasteiger partial charge on any atom is -0.375 e. The van der Waals surface area contributed by atoms with Crippen LogP contribution in [0.2, 0.25) is 0 Å². The number of likely N-dealkylation sites (tertiary alicyclic amines) is 1. The van der Waals surface area contributed by atoms with E-state index in [0.29, 0.717) is 18.8 Å². The van der Waals surface area contributed by atoms with E-state index in [-0.39, 0.29) is 17.6 Å². The molecule has 0 unspecified atom stereocenters. The van der Waals surface area contributed by atoms with Crippen LogP contribution in [0.1, 0.15) is 41.7 Å². The van der Waals surface area contributed by atoms with Crippen molar-refractivity contribution in [3.63, 3.8) is 0 Å². The number of hydrogen-bond donors (Lipinski definition) is 0. The van der Waals surface area contributed by atoms with E-state index in [4.69, 9.17) is 9.47 Å². The predicted molar refractivity (Wildman–Crippen MR) is 85.3 cm³/mol. The number of hydrogen-bond acceptors (Lipinski definition) is 4. The first-order chi connectivity index (χ1) is 11.1. The molecule has 1 aliphatic carbocycles. The number of pyridine rings is 1. The fourth-order valence-electron chi connectivity index (χ4n) is 3.52. The zero-order valence-corrected chi connectivity index (χ0v) is 13.7. The summed E-state index contributed by atoms with van der Waals surface area (Å²) in [5.41, 5.74) is 1.38. The minimum atomic E-state index is -0.200. The van der Waals surface area contributed by atoms with Gasteiger partial charge in [0.1, 0.15) is 5.69 Å². The zero-order chi connectivity index (χ0) is 15.9. The van der Waals surface area contributed by atoms with Crippen LogP contribution in [-0.4, -0.2) is 53.8 Å². The number of carbonyl (C=O) groups excluding carboxylic acids is 1. The molecule has 2 aliphatic heterocycles. The summed E-state index contributed by atoms with van der Waals surface area (Å²) in [6, 6.07) is 3.74. The summed E-state index contributed by atoms with van der Waals surface area (Å²) >= 11 is 0. The summed E-state index contributed by atoms with van der Waals surface area (Å²) in [6.07, 6.45) is 6.36. The highest BCUT2D eigenvalue weighted by Gasteiger charge is 2.47. The van der Waals surface area contributed by atoms with Crippen molar-refractivity contribution < 1.29 is 14.3 Å². The molecule has 1 saturated carbocycles.